The van der Waals surface area contributed by atoms with Gasteiger partial charge in [0.1, 0.15) is 30.1 Å². The van der Waals surface area contributed by atoms with Crippen molar-refractivity contribution in [1.29, 1.82) is 0 Å². The van der Waals surface area contributed by atoms with Gasteiger partial charge in [0, 0.05) is 25.7 Å². The van der Waals surface area contributed by atoms with Crippen molar-refractivity contribution in [3.8, 4) is 0 Å². The predicted molar refractivity (Wildman–Crippen MR) is 104 cm³/mol. The Bertz CT molecular complexity index is 779. The van der Waals surface area contributed by atoms with Gasteiger partial charge in [0.15, 0.2) is 6.10 Å². The first kappa shape index (κ1) is 23.6. The summed E-state index contributed by atoms with van der Waals surface area (Å²) in [5.41, 5.74) is 5.44. The molecule has 0 radical (unpaired) electrons. The number of carbonyl (C=O) groups is 3. The highest BCUT2D eigenvalue weighted by Crippen LogP contribution is 2.36. The number of benzene rings is 1. The van der Waals surface area contributed by atoms with Gasteiger partial charge in [-0.2, -0.15) is 0 Å². The number of halogens is 2. The van der Waals surface area contributed by atoms with Crippen molar-refractivity contribution >= 4 is 45.6 Å². The van der Waals surface area contributed by atoms with E-state index >= 15 is 0 Å². The van der Waals surface area contributed by atoms with E-state index in [0.717, 1.165) is 11.8 Å². The Balaban J connectivity index is 2.31. The van der Waals surface area contributed by atoms with Crippen LogP contribution in [0.4, 0.5) is 4.39 Å². The summed E-state index contributed by atoms with van der Waals surface area (Å²) in [7, 11) is 0. The van der Waals surface area contributed by atoms with Crippen molar-refractivity contribution in [3.05, 3.63) is 28.5 Å². The molecule has 0 saturated carbocycles. The molecular weight excluding hydrogens is 473 g/mol. The van der Waals surface area contributed by atoms with Gasteiger partial charge in [-0.15, -0.1) is 0 Å². The van der Waals surface area contributed by atoms with Gasteiger partial charge in [0.25, 0.3) is 0 Å². The third-order valence-corrected chi connectivity index (χ3v) is 5.65. The van der Waals surface area contributed by atoms with Gasteiger partial charge in [-0.25, -0.2) is 4.39 Å². The molecule has 11 heteroatoms. The van der Waals surface area contributed by atoms with E-state index in [9.17, 15) is 18.8 Å². The van der Waals surface area contributed by atoms with Crippen LogP contribution in [0.25, 0.3) is 0 Å². The molecule has 1 fully saturated rings. The summed E-state index contributed by atoms with van der Waals surface area (Å²) < 4.78 is 35.3. The van der Waals surface area contributed by atoms with Crippen LogP contribution in [0.3, 0.4) is 0 Å². The lowest BCUT2D eigenvalue weighted by atomic mass is 9.97. The molecule has 5 atom stereocenters. The number of thioether (sulfide) groups is 1. The van der Waals surface area contributed by atoms with E-state index in [1.54, 1.807) is 6.07 Å². The van der Waals surface area contributed by atoms with Crippen LogP contribution in [0, 0.1) is 5.82 Å². The van der Waals surface area contributed by atoms with Gasteiger partial charge in [0.2, 0.25) is 0 Å². The maximum Gasteiger partial charge on any atom is 0.303 e. The minimum atomic E-state index is -1.01. The minimum absolute atomic E-state index is 0.210. The van der Waals surface area contributed by atoms with E-state index in [1.165, 1.54) is 32.9 Å². The molecule has 0 aromatic heterocycles. The fraction of sp³-hybridized carbons (Fsp3) is 0.500. The molecule has 0 bridgehead atoms. The van der Waals surface area contributed by atoms with Gasteiger partial charge >= 0.3 is 17.9 Å². The molecule has 29 heavy (non-hydrogen) atoms. The first-order valence-corrected chi connectivity index (χ1v) is 10.3. The lowest BCUT2D eigenvalue weighted by molar-refractivity contribution is -0.201. The highest BCUT2D eigenvalue weighted by molar-refractivity contribution is 9.10. The van der Waals surface area contributed by atoms with Crippen molar-refractivity contribution in [2.75, 3.05) is 6.61 Å². The minimum Gasteiger partial charge on any atom is -0.463 e. The highest BCUT2D eigenvalue weighted by atomic mass is 79.9. The van der Waals surface area contributed by atoms with E-state index in [-0.39, 0.29) is 11.1 Å². The predicted octanol–water partition coefficient (Wildman–Crippen LogP) is 2.16. The second kappa shape index (κ2) is 10.4. The number of carbonyl (C=O) groups excluding carboxylic acids is 3. The van der Waals surface area contributed by atoms with Crippen molar-refractivity contribution < 1.29 is 37.7 Å². The van der Waals surface area contributed by atoms with Crippen molar-refractivity contribution in [3.63, 3.8) is 0 Å². The van der Waals surface area contributed by atoms with Crippen LogP contribution < -0.4 is 5.73 Å². The summed E-state index contributed by atoms with van der Waals surface area (Å²) in [6.45, 7) is 3.44. The van der Waals surface area contributed by atoms with Crippen LogP contribution in [0.5, 0.6) is 0 Å². The van der Waals surface area contributed by atoms with Crippen LogP contribution >= 0.6 is 27.7 Å². The van der Waals surface area contributed by atoms with E-state index in [1.807, 2.05) is 0 Å². The van der Waals surface area contributed by atoms with Gasteiger partial charge in [-0.05, 0) is 34.1 Å². The molecule has 8 nitrogen and oxygen atoms in total. The maximum atomic E-state index is 13.5. The Kier molecular flexibility index (Phi) is 8.44. The molecule has 160 valence electrons. The van der Waals surface area contributed by atoms with E-state index in [0.29, 0.717) is 4.90 Å². The molecule has 2 N–H and O–H groups in total. The Hall–Kier alpha value is -1.69. The quantitative estimate of drug-likeness (QED) is 0.470. The number of rotatable bonds is 6. The number of hydrogen-bond donors (Lipinski definition) is 1. The van der Waals surface area contributed by atoms with Crippen molar-refractivity contribution in [2.24, 2.45) is 5.73 Å². The monoisotopic (exact) mass is 493 g/mol. The maximum absolute atomic E-state index is 13.5. The lowest BCUT2D eigenvalue weighted by Gasteiger charge is -2.43. The van der Waals surface area contributed by atoms with Crippen LogP contribution in [0.1, 0.15) is 20.8 Å². The van der Waals surface area contributed by atoms with Crippen LogP contribution in [-0.2, 0) is 33.3 Å². The Labute approximate surface area is 179 Å². The fourth-order valence-electron chi connectivity index (χ4n) is 2.73. The van der Waals surface area contributed by atoms with Crippen molar-refractivity contribution in [2.45, 2.75) is 55.5 Å². The molecule has 1 aromatic carbocycles. The molecule has 1 aliphatic rings. The Morgan fingerprint density at radius 1 is 1.14 bits per heavy atom. The number of hydrogen-bond acceptors (Lipinski definition) is 9. The topological polar surface area (TPSA) is 114 Å². The van der Waals surface area contributed by atoms with Gasteiger partial charge in [0.05, 0.1) is 10.5 Å². The summed E-state index contributed by atoms with van der Waals surface area (Å²) in [4.78, 5) is 35.0. The van der Waals surface area contributed by atoms with Crippen LogP contribution in [0.2, 0.25) is 0 Å². The summed E-state index contributed by atoms with van der Waals surface area (Å²) in [6.07, 6.45) is -2.86. The van der Waals surface area contributed by atoms with Crippen molar-refractivity contribution in [1.82, 2.24) is 0 Å². The average molecular weight is 494 g/mol. The lowest BCUT2D eigenvalue weighted by Crippen LogP contribution is -2.63. The zero-order valence-corrected chi connectivity index (χ0v) is 18.3. The smallest absolute Gasteiger partial charge is 0.303 e. The van der Waals surface area contributed by atoms with Crippen LogP contribution in [0.15, 0.2) is 27.6 Å². The molecule has 1 heterocycles. The van der Waals surface area contributed by atoms with E-state index in [2.05, 4.69) is 15.9 Å². The molecule has 2 rings (SSSR count). The summed E-state index contributed by atoms with van der Waals surface area (Å²) in [5, 5.41) is 0. The molecule has 1 aliphatic heterocycles. The zero-order chi connectivity index (χ0) is 21.7. The molecular formula is C18H21BrFNO7S. The molecule has 0 amide bonds. The van der Waals surface area contributed by atoms with E-state index in [4.69, 9.17) is 24.7 Å². The normalized spacial score (nSPS) is 26.5. The first-order valence-electron chi connectivity index (χ1n) is 8.59. The summed E-state index contributed by atoms with van der Waals surface area (Å²) >= 11 is 4.26. The third kappa shape index (κ3) is 6.66. The van der Waals surface area contributed by atoms with E-state index < -0.39 is 53.5 Å². The molecule has 0 aliphatic carbocycles. The Morgan fingerprint density at radius 2 is 1.76 bits per heavy atom. The number of nitrogens with two attached hydrogens (primary N) is 1. The molecule has 0 spiro atoms. The number of ether oxygens (including phenoxy) is 4. The Morgan fingerprint density at radius 3 is 2.31 bits per heavy atom. The second-order valence-corrected chi connectivity index (χ2v) is 8.29. The van der Waals surface area contributed by atoms with Gasteiger partial charge < -0.3 is 24.7 Å². The number of esters is 3. The average Bonchev–Trinajstić information content (AvgIpc) is 2.61. The van der Waals surface area contributed by atoms with Crippen LogP contribution in [-0.4, -0.2) is 54.3 Å². The molecule has 1 saturated heterocycles. The zero-order valence-electron chi connectivity index (χ0n) is 15.9. The largest absolute Gasteiger partial charge is 0.463 e. The molecule has 5 unspecified atom stereocenters. The second-order valence-electron chi connectivity index (χ2n) is 6.26. The molecule has 1 aromatic rings. The summed E-state index contributed by atoms with van der Waals surface area (Å²) in [6, 6.07) is 3.40. The fourth-order valence-corrected chi connectivity index (χ4v) is 4.43. The summed E-state index contributed by atoms with van der Waals surface area (Å²) in [5.74, 6) is -2.19. The first-order chi connectivity index (χ1) is 13.6. The standard InChI is InChI=1S/C18H21BrFNO7S/c1-8(22)25-7-14-16(26-9(2)23)15(21)17(27-10(3)24)18(28-14)29-11-4-5-13(20)12(19)6-11/h4-6,14-18H,7,21H2,1-3H3. The van der Waals surface area contributed by atoms with Gasteiger partial charge in [-0.1, -0.05) is 11.8 Å². The SMILES string of the molecule is CC(=O)OCC1OC(Sc2ccc(F)c(Br)c2)C(OC(C)=O)C(N)C1OC(C)=O. The van der Waals surface area contributed by atoms with Gasteiger partial charge in [-0.3, -0.25) is 14.4 Å². The third-order valence-electron chi connectivity index (χ3n) is 3.90. The highest BCUT2D eigenvalue weighted by Gasteiger charge is 2.48.